The summed E-state index contributed by atoms with van der Waals surface area (Å²) in [6, 6.07) is 58.4. The SMILES string of the molecule is C.C.C.C.C.C.Cc1ccc(-n2c(=O)c3cc4c(=O)n(C)c(=O)c4cc3c2=O)cc1.Cc1ccc(N2C(=O)c3ccc(-c4ccc5c(c4)C(=O)N(C)C5=O)cc3C2=O)cc1.Cc1ccc(Oc2ccc(-n3c(=O)c4cc5c(=O)n(C)c(=O)c5cc4c3=O)cc2)cc1.Cc1ccc(Oc2ccc(N3C(=O)C4C=CC(C5C=C6C(=O)N(C)C(=O)C6=CC5)=CC4C3=O)cc2)cc1. The lowest BCUT2D eigenvalue weighted by Crippen LogP contribution is -2.30. The number of aryl methyl sites for hydroxylation is 4. The summed E-state index contributed by atoms with van der Waals surface area (Å²) in [5.74, 6) is -1.35. The highest BCUT2D eigenvalue weighted by Gasteiger charge is 2.48. The molecule has 4 aromatic heterocycles. The van der Waals surface area contributed by atoms with Crippen molar-refractivity contribution in [3.05, 3.63) is 381 Å². The Kier molecular flexibility index (Phi) is 25.8. The topological polar surface area (TPSA) is 324 Å². The van der Waals surface area contributed by atoms with Gasteiger partial charge in [-0.1, -0.05) is 158 Å². The van der Waals surface area contributed by atoms with Gasteiger partial charge in [0.15, 0.2) is 0 Å². The Balaban J connectivity index is 0.000000164. The Labute approximate surface area is 734 Å². The van der Waals surface area contributed by atoms with Crippen molar-refractivity contribution in [2.45, 2.75) is 78.7 Å². The molecule has 14 aromatic rings. The molecule has 2 fully saturated rings. The van der Waals surface area contributed by atoms with Crippen molar-refractivity contribution < 1.29 is 47.8 Å². The first-order valence-electron chi connectivity index (χ1n) is 38.6. The number of ether oxygens (including phenoxy) is 2. The predicted molar refractivity (Wildman–Crippen MR) is 498 cm³/mol. The summed E-state index contributed by atoms with van der Waals surface area (Å²) in [5.41, 5.74) is 6.66. The van der Waals surface area contributed by atoms with Gasteiger partial charge in [0.25, 0.3) is 79.9 Å². The van der Waals surface area contributed by atoms with Crippen LogP contribution >= 0.6 is 0 Å². The minimum Gasteiger partial charge on any atom is -0.457 e. The molecule has 2 saturated heterocycles. The van der Waals surface area contributed by atoms with Crippen LogP contribution in [0, 0.1) is 45.4 Å². The summed E-state index contributed by atoms with van der Waals surface area (Å²) < 4.78 is 15.7. The number of carbonyl (C=O) groups excluding carboxylic acids is 8. The van der Waals surface area contributed by atoms with Crippen molar-refractivity contribution in [2.24, 2.45) is 31.8 Å². The maximum absolute atomic E-state index is 13.4. The Hall–Kier alpha value is -16.1. The van der Waals surface area contributed by atoms with Crippen LogP contribution in [0.3, 0.4) is 0 Å². The first-order valence-corrected chi connectivity index (χ1v) is 38.6. The molecule has 648 valence electrons. The van der Waals surface area contributed by atoms with Crippen LogP contribution in [0.25, 0.3) is 65.6 Å². The van der Waals surface area contributed by atoms with Crippen LogP contribution in [0.15, 0.2) is 292 Å². The van der Waals surface area contributed by atoms with Crippen LogP contribution in [0.4, 0.5) is 11.4 Å². The molecule has 0 N–H and O–H groups in total. The van der Waals surface area contributed by atoms with Crippen LogP contribution in [0.2, 0.25) is 0 Å². The summed E-state index contributed by atoms with van der Waals surface area (Å²) in [6.45, 7) is 7.83. The van der Waals surface area contributed by atoms with E-state index in [1.54, 1.807) is 140 Å². The fourth-order valence-electron chi connectivity index (χ4n) is 15.9. The molecule has 0 radical (unpaired) electrons. The average molecular weight is 1720 g/mol. The number of carbonyl (C=O) groups is 8. The monoisotopic (exact) mass is 1720 g/mol. The van der Waals surface area contributed by atoms with Crippen molar-refractivity contribution in [1.29, 1.82) is 0 Å². The van der Waals surface area contributed by atoms with E-state index in [1.165, 1.54) is 62.3 Å². The van der Waals surface area contributed by atoms with Gasteiger partial charge in [0, 0.05) is 45.3 Å². The number of imide groups is 4. The molecule has 0 bridgehead atoms. The van der Waals surface area contributed by atoms with Crippen LogP contribution in [0.5, 0.6) is 23.0 Å². The van der Waals surface area contributed by atoms with E-state index in [-0.39, 0.29) is 141 Å². The van der Waals surface area contributed by atoms with Crippen molar-refractivity contribution in [2.75, 3.05) is 23.9 Å². The van der Waals surface area contributed by atoms with Gasteiger partial charge in [-0.05, 0) is 196 Å². The molecule has 2 aliphatic carbocycles. The fraction of sp³-hybridized carbons (Fsp3) is 0.176. The van der Waals surface area contributed by atoms with Gasteiger partial charge in [-0.2, -0.15) is 0 Å². The predicted octanol–water partition coefficient (Wildman–Crippen LogP) is 15.1. The van der Waals surface area contributed by atoms with Crippen molar-refractivity contribution >= 4 is 102 Å². The zero-order valence-corrected chi connectivity index (χ0v) is 66.4. The van der Waals surface area contributed by atoms with Gasteiger partial charge in [0.2, 0.25) is 11.8 Å². The second-order valence-corrected chi connectivity index (χ2v) is 30.5. The molecular weight excluding hydrogens is 1630 g/mol. The van der Waals surface area contributed by atoms with E-state index in [0.717, 1.165) is 55.9 Å². The quantitative estimate of drug-likeness (QED) is 0.115. The van der Waals surface area contributed by atoms with Gasteiger partial charge in [-0.15, -0.1) is 0 Å². The maximum atomic E-state index is 13.4. The summed E-state index contributed by atoms with van der Waals surface area (Å²) >= 11 is 0. The first kappa shape index (κ1) is 92.6. The molecule has 26 heteroatoms. The molecular formula is C102H92N8O18. The molecule has 0 spiro atoms. The average Bonchev–Trinajstić information content (AvgIpc) is 1.59. The normalized spacial score (nSPS) is 15.6. The minimum atomic E-state index is -0.608. The lowest BCUT2D eigenvalue weighted by atomic mass is 9.80. The molecule has 3 atom stereocenters. The number of benzene rings is 10. The van der Waals surface area contributed by atoms with E-state index < -0.39 is 56.3 Å². The Morgan fingerprint density at radius 3 is 1.01 bits per heavy atom. The number of aromatic nitrogens is 4. The Morgan fingerprint density at radius 2 is 0.594 bits per heavy atom. The van der Waals surface area contributed by atoms with Crippen LogP contribution < -0.4 is 63.7 Å². The number of hydrogen-bond acceptors (Lipinski definition) is 18. The number of likely N-dealkylation sites (N-methyl/N-ethyl adjacent to an activating group) is 1. The molecule has 20 rings (SSSR count). The second-order valence-electron chi connectivity index (χ2n) is 30.5. The lowest BCUT2D eigenvalue weighted by Gasteiger charge is -2.22. The number of likely N-dealkylation sites (tertiary alicyclic amines) is 1. The van der Waals surface area contributed by atoms with Crippen molar-refractivity contribution in [3.63, 3.8) is 0 Å². The van der Waals surface area contributed by atoms with Gasteiger partial charge in [-0.25, -0.2) is 18.9 Å². The minimum absolute atomic E-state index is 0. The van der Waals surface area contributed by atoms with E-state index >= 15 is 0 Å². The van der Waals surface area contributed by atoms with Crippen LogP contribution in [0.1, 0.15) is 115 Å². The highest BCUT2D eigenvalue weighted by molar-refractivity contribution is 6.35. The molecule has 6 aliphatic rings. The summed E-state index contributed by atoms with van der Waals surface area (Å²) in [5, 5.41) is 1.11. The number of nitrogens with zero attached hydrogens (tertiary/aromatic N) is 8. The molecule has 0 saturated carbocycles. The number of rotatable bonds is 10. The standard InChI is InChI=1S/C30H24N2O5.C24H16N2O5.C24H16N2O4.C18H12N2O4.6CH4/c1-17-3-9-21(10-4-17)37-22-11-7-20(8-12-22)32-29(35)24-14-6-19(16-26(24)30(32)36)18-5-13-23-25(15-18)28(34)31(2)27(23)33;1-13-3-7-15(8-4-13)31-16-9-5-14(6-10-16)26-23(29)19-11-17-18(12-20(19)24(26)30)22(28)25(2)21(17)27;1-13-3-7-16(8-4-13)26-23(29)18-10-6-15(12-20(18)24(26)30)14-5-9-17-19(11-14)22(28)25(2)21(17)27;1-9-3-5-10(6-4-9)20-17(23)13-7-11-12(8-14(13)18(20)24)16(22)19(2)15(11)21;;;;;;/h3-4,6-16,18,24,26H,5H2,1-2H3;3-12H,1-2H3;3-12H,1-2H3;3-8H,1-2H3;6*1H4. The zero-order chi connectivity index (χ0) is 86.0. The second kappa shape index (κ2) is 35.6. The highest BCUT2D eigenvalue weighted by Crippen LogP contribution is 2.42. The zero-order valence-electron chi connectivity index (χ0n) is 66.4. The molecule has 8 amide bonds. The molecule has 4 aliphatic heterocycles. The third-order valence-corrected chi connectivity index (χ3v) is 22.8. The number of allylic oxidation sites excluding steroid dienone is 4. The van der Waals surface area contributed by atoms with Crippen molar-refractivity contribution in [1.82, 2.24) is 28.1 Å². The number of anilines is 2. The Morgan fingerprint density at radius 1 is 0.289 bits per heavy atom. The highest BCUT2D eigenvalue weighted by atomic mass is 16.5. The largest absolute Gasteiger partial charge is 0.457 e. The van der Waals surface area contributed by atoms with Gasteiger partial charge in [-0.3, -0.25) is 95.6 Å². The third kappa shape index (κ3) is 15.7. The van der Waals surface area contributed by atoms with Gasteiger partial charge < -0.3 is 9.47 Å². The van der Waals surface area contributed by atoms with E-state index in [9.17, 15) is 76.7 Å². The third-order valence-electron chi connectivity index (χ3n) is 22.8. The molecule has 128 heavy (non-hydrogen) atoms. The number of hydrogen-bond donors (Lipinski definition) is 0. The van der Waals surface area contributed by atoms with Crippen LogP contribution in [-0.4, -0.2) is 89.4 Å². The summed E-state index contributed by atoms with van der Waals surface area (Å²) in [7, 11) is 5.66. The number of fused-ring (bicyclic) bond motifs is 8. The smallest absolute Gasteiger partial charge is 0.266 e. The fourth-order valence-corrected chi connectivity index (χ4v) is 15.9. The van der Waals surface area contributed by atoms with Crippen molar-refractivity contribution in [3.8, 4) is 45.5 Å². The first-order chi connectivity index (χ1) is 58.4. The molecule has 3 unspecified atom stereocenters. The van der Waals surface area contributed by atoms with E-state index in [4.69, 9.17) is 9.47 Å². The van der Waals surface area contributed by atoms with Gasteiger partial charge >= 0.3 is 0 Å². The Bertz CT molecular complexity index is 7420. The van der Waals surface area contributed by atoms with Gasteiger partial charge in [0.05, 0.1) is 99.9 Å². The van der Waals surface area contributed by atoms with E-state index in [1.807, 2.05) is 101 Å². The van der Waals surface area contributed by atoms with E-state index in [2.05, 4.69) is 0 Å². The van der Waals surface area contributed by atoms with E-state index in [0.29, 0.717) is 96.7 Å². The maximum Gasteiger partial charge on any atom is 0.266 e. The van der Waals surface area contributed by atoms with Crippen LogP contribution in [-0.2, 0) is 33.3 Å². The summed E-state index contributed by atoms with van der Waals surface area (Å²) in [6.07, 6.45) is 9.62. The summed E-state index contributed by atoms with van der Waals surface area (Å²) in [4.78, 5) is 206. The molecule has 10 aromatic carbocycles. The molecule has 26 nitrogen and oxygen atoms in total. The van der Waals surface area contributed by atoms with Gasteiger partial charge in [0.1, 0.15) is 23.0 Å². The molecule has 8 heterocycles. The number of amides is 8. The lowest BCUT2D eigenvalue weighted by molar-refractivity contribution is -0.135.